The van der Waals surface area contributed by atoms with Crippen LogP contribution in [0, 0.1) is 17.3 Å². The van der Waals surface area contributed by atoms with E-state index in [9.17, 15) is 19.8 Å². The Morgan fingerprint density at radius 1 is 1.09 bits per heavy atom. The number of carbonyl (C=O) groups excluding carboxylic acids is 2. The van der Waals surface area contributed by atoms with Crippen LogP contribution in [0.15, 0.2) is 24.3 Å². The van der Waals surface area contributed by atoms with Crippen LogP contribution in [0.4, 0.5) is 0 Å². The molecule has 1 aromatic rings. The highest BCUT2D eigenvalue weighted by molar-refractivity contribution is 6.30. The third-order valence-electron chi connectivity index (χ3n) is 8.27. The first-order valence-corrected chi connectivity index (χ1v) is 12.7. The molecule has 0 bridgehead atoms. The Kier molecular flexibility index (Phi) is 7.09. The lowest BCUT2D eigenvalue weighted by Gasteiger charge is -2.51. The van der Waals surface area contributed by atoms with Crippen LogP contribution < -0.4 is 5.32 Å². The van der Waals surface area contributed by atoms with Crippen molar-refractivity contribution in [1.82, 2.24) is 10.2 Å². The zero-order valence-corrected chi connectivity index (χ0v) is 20.5. The summed E-state index contributed by atoms with van der Waals surface area (Å²) in [6, 6.07) is 7.17. The fourth-order valence-electron chi connectivity index (χ4n) is 6.10. The van der Waals surface area contributed by atoms with Gasteiger partial charge in [0, 0.05) is 35.5 Å². The third kappa shape index (κ3) is 4.94. The fourth-order valence-corrected chi connectivity index (χ4v) is 6.23. The third-order valence-corrected chi connectivity index (χ3v) is 8.52. The minimum atomic E-state index is -1.04. The van der Waals surface area contributed by atoms with Crippen LogP contribution in [-0.4, -0.2) is 52.2 Å². The second-order valence-electron chi connectivity index (χ2n) is 10.9. The van der Waals surface area contributed by atoms with Crippen LogP contribution in [0.25, 0.3) is 0 Å². The average molecular weight is 477 g/mol. The second kappa shape index (κ2) is 9.55. The number of rotatable bonds is 4. The van der Waals surface area contributed by atoms with Gasteiger partial charge in [-0.05, 0) is 56.2 Å². The normalized spacial score (nSPS) is 34.2. The van der Waals surface area contributed by atoms with Crippen molar-refractivity contribution in [2.75, 3.05) is 13.1 Å². The highest BCUT2D eigenvalue weighted by Crippen LogP contribution is 2.46. The molecule has 3 aliphatic rings. The molecule has 4 rings (SSSR count). The number of halogens is 1. The summed E-state index contributed by atoms with van der Waals surface area (Å²) in [5, 5.41) is 25.2. The van der Waals surface area contributed by atoms with Crippen LogP contribution in [0.5, 0.6) is 0 Å². The van der Waals surface area contributed by atoms with Gasteiger partial charge < -0.3 is 20.4 Å². The summed E-state index contributed by atoms with van der Waals surface area (Å²) in [5.74, 6) is -0.322. The molecule has 6 nitrogen and oxygen atoms in total. The van der Waals surface area contributed by atoms with Crippen LogP contribution in [0.2, 0.25) is 5.02 Å². The van der Waals surface area contributed by atoms with Gasteiger partial charge in [0.25, 0.3) is 0 Å². The Morgan fingerprint density at radius 2 is 1.79 bits per heavy atom. The van der Waals surface area contributed by atoms with Crippen molar-refractivity contribution in [1.29, 1.82) is 0 Å². The zero-order valence-electron chi connectivity index (χ0n) is 19.7. The van der Waals surface area contributed by atoms with E-state index in [1.165, 1.54) is 0 Å². The smallest absolute Gasteiger partial charge is 0.227 e. The Balaban J connectivity index is 1.44. The van der Waals surface area contributed by atoms with Crippen LogP contribution in [-0.2, 0) is 15.2 Å². The number of likely N-dealkylation sites (tertiary alicyclic amines) is 1. The maximum atomic E-state index is 13.6. The number of piperidine rings is 1. The number of aliphatic hydroxyl groups is 2. The molecule has 0 aromatic heterocycles. The molecule has 182 valence electrons. The molecule has 2 amide bonds. The monoisotopic (exact) mass is 476 g/mol. The molecule has 1 aromatic carbocycles. The van der Waals surface area contributed by atoms with Crippen molar-refractivity contribution >= 4 is 23.4 Å². The molecular formula is C26H37ClN2O4. The Labute approximate surface area is 201 Å². The number of carbonyl (C=O) groups is 2. The summed E-state index contributed by atoms with van der Waals surface area (Å²) in [4.78, 5) is 28.3. The molecule has 7 heteroatoms. The molecule has 1 heterocycles. The van der Waals surface area contributed by atoms with Crippen molar-refractivity contribution < 1.29 is 19.8 Å². The first-order valence-electron chi connectivity index (χ1n) is 12.4. The van der Waals surface area contributed by atoms with Gasteiger partial charge in [-0.1, -0.05) is 50.4 Å². The maximum absolute atomic E-state index is 13.6. The van der Waals surface area contributed by atoms with Gasteiger partial charge in [0.15, 0.2) is 0 Å². The molecule has 0 unspecified atom stereocenters. The van der Waals surface area contributed by atoms with E-state index < -0.39 is 11.0 Å². The van der Waals surface area contributed by atoms with Crippen LogP contribution in [0.3, 0.4) is 0 Å². The van der Waals surface area contributed by atoms with Gasteiger partial charge in [-0.25, -0.2) is 0 Å². The molecule has 5 atom stereocenters. The van der Waals surface area contributed by atoms with Gasteiger partial charge in [-0.3, -0.25) is 9.59 Å². The number of hydrogen-bond acceptors (Lipinski definition) is 4. The summed E-state index contributed by atoms with van der Waals surface area (Å²) < 4.78 is 0. The van der Waals surface area contributed by atoms with Crippen molar-refractivity contribution in [2.45, 2.75) is 83.0 Å². The van der Waals surface area contributed by atoms with E-state index >= 15 is 0 Å². The second-order valence-corrected chi connectivity index (χ2v) is 11.4. The number of amides is 2. The van der Waals surface area contributed by atoms with Gasteiger partial charge in [-0.15, -0.1) is 0 Å². The van der Waals surface area contributed by atoms with Crippen molar-refractivity contribution in [3.05, 3.63) is 34.9 Å². The van der Waals surface area contributed by atoms with E-state index in [4.69, 9.17) is 11.6 Å². The first kappa shape index (κ1) is 24.5. The standard InChI is InChI=1S/C26H37ClN2O4/c1-25(2)16-29(14-13-26(25,33)18-8-10-19(27)11-9-18)24(32)21-5-3-4-6-22(21)28-23(31)17-7-12-20(30)15-17/h8-11,17,20-22,30,33H,3-7,12-16H2,1-2H3,(H,28,31)/t17-,20+,21+,22-,26+/m1/s1. The number of benzene rings is 1. The number of hydrogen-bond donors (Lipinski definition) is 3. The lowest BCUT2D eigenvalue weighted by Crippen LogP contribution is -2.59. The lowest BCUT2D eigenvalue weighted by molar-refractivity contribution is -0.158. The molecule has 0 radical (unpaired) electrons. The largest absolute Gasteiger partial charge is 0.393 e. The summed E-state index contributed by atoms with van der Waals surface area (Å²) in [5.41, 5.74) is -0.759. The summed E-state index contributed by atoms with van der Waals surface area (Å²) in [6.07, 6.45) is 5.53. The van der Waals surface area contributed by atoms with E-state index in [1.54, 1.807) is 12.1 Å². The van der Waals surface area contributed by atoms with Crippen LogP contribution in [0.1, 0.15) is 70.8 Å². The molecule has 1 aliphatic heterocycles. The molecule has 2 saturated carbocycles. The van der Waals surface area contributed by atoms with Crippen molar-refractivity contribution in [3.63, 3.8) is 0 Å². The summed E-state index contributed by atoms with van der Waals surface area (Å²) in [6.45, 7) is 4.95. The quantitative estimate of drug-likeness (QED) is 0.619. The van der Waals surface area contributed by atoms with E-state index in [0.29, 0.717) is 43.8 Å². The molecule has 33 heavy (non-hydrogen) atoms. The predicted molar refractivity (Wildman–Crippen MR) is 128 cm³/mol. The predicted octanol–water partition coefficient (Wildman–Crippen LogP) is 3.62. The van der Waals surface area contributed by atoms with Crippen molar-refractivity contribution in [2.24, 2.45) is 17.3 Å². The highest BCUT2D eigenvalue weighted by atomic mass is 35.5. The maximum Gasteiger partial charge on any atom is 0.227 e. The van der Waals surface area contributed by atoms with Gasteiger partial charge in [0.1, 0.15) is 0 Å². The molecule has 2 aliphatic carbocycles. The van der Waals surface area contributed by atoms with E-state index in [1.807, 2.05) is 30.9 Å². The van der Waals surface area contributed by atoms with Gasteiger partial charge in [0.2, 0.25) is 11.8 Å². The summed E-state index contributed by atoms with van der Waals surface area (Å²) in [7, 11) is 0. The topological polar surface area (TPSA) is 89.9 Å². The number of nitrogens with zero attached hydrogens (tertiary/aromatic N) is 1. The minimum absolute atomic E-state index is 0.0210. The van der Waals surface area contributed by atoms with Gasteiger partial charge >= 0.3 is 0 Å². The molecule has 3 N–H and O–H groups in total. The first-order chi connectivity index (χ1) is 15.6. The van der Waals surface area contributed by atoms with E-state index in [0.717, 1.165) is 31.2 Å². The molecule has 3 fully saturated rings. The zero-order chi connectivity index (χ0) is 23.8. The Morgan fingerprint density at radius 3 is 2.42 bits per heavy atom. The highest BCUT2D eigenvalue weighted by Gasteiger charge is 2.50. The van der Waals surface area contributed by atoms with Gasteiger partial charge in [0.05, 0.1) is 17.6 Å². The molecule has 0 spiro atoms. The Hall–Kier alpha value is -1.63. The SMILES string of the molecule is CC1(C)CN(C(=O)[C@H]2CCCC[C@H]2NC(=O)[C@@H]2CC[C@H](O)C2)CC[C@]1(O)c1ccc(Cl)cc1. The van der Waals surface area contributed by atoms with E-state index in [2.05, 4.69) is 5.32 Å². The molecular weight excluding hydrogens is 440 g/mol. The van der Waals surface area contributed by atoms with E-state index in [-0.39, 0.29) is 35.8 Å². The number of aliphatic hydroxyl groups excluding tert-OH is 1. The fraction of sp³-hybridized carbons (Fsp3) is 0.692. The average Bonchev–Trinajstić information content (AvgIpc) is 3.22. The number of nitrogens with one attached hydrogen (secondary N) is 1. The van der Waals surface area contributed by atoms with Crippen molar-refractivity contribution in [3.8, 4) is 0 Å². The summed E-state index contributed by atoms with van der Waals surface area (Å²) >= 11 is 6.04. The minimum Gasteiger partial charge on any atom is -0.393 e. The molecule has 1 saturated heterocycles. The van der Waals surface area contributed by atoms with Gasteiger partial charge in [-0.2, -0.15) is 0 Å². The Bertz CT molecular complexity index is 874. The van der Waals surface area contributed by atoms with Crippen LogP contribution >= 0.6 is 11.6 Å². The lowest BCUT2D eigenvalue weighted by atomic mass is 9.66.